The highest BCUT2D eigenvalue weighted by Crippen LogP contribution is 2.41. The van der Waals surface area contributed by atoms with Gasteiger partial charge in [0.2, 0.25) is 0 Å². The Morgan fingerprint density at radius 2 is 1.96 bits per heavy atom. The number of methoxy groups -OCH3 is 1. The molecule has 0 amide bonds. The van der Waals surface area contributed by atoms with E-state index in [2.05, 4.69) is 24.5 Å². The van der Waals surface area contributed by atoms with Crippen molar-refractivity contribution in [3.8, 4) is 17.2 Å². The standard InChI is InChI=1S/C22H28N2O3S/c1-14(2)26-17-8-6-7-15(11-17)23-21(28)24-19-13-22(3,4)27-20-12-16(25-5)9-10-18(19)20/h6-12,14,19H,13H2,1-5H3,(H2,23,24,28)/t19-/m0/s1. The van der Waals surface area contributed by atoms with E-state index in [9.17, 15) is 0 Å². The second kappa shape index (κ2) is 8.27. The van der Waals surface area contributed by atoms with Crippen molar-refractivity contribution in [1.82, 2.24) is 5.32 Å². The molecule has 1 aliphatic rings. The molecule has 5 nitrogen and oxygen atoms in total. The molecule has 6 heteroatoms. The minimum absolute atomic E-state index is 0.0414. The van der Waals surface area contributed by atoms with E-state index in [0.29, 0.717) is 5.11 Å². The summed E-state index contributed by atoms with van der Waals surface area (Å²) in [5.41, 5.74) is 1.65. The molecule has 0 spiro atoms. The zero-order valence-electron chi connectivity index (χ0n) is 17.0. The molecule has 28 heavy (non-hydrogen) atoms. The summed E-state index contributed by atoms with van der Waals surface area (Å²) in [4.78, 5) is 0. The SMILES string of the molecule is COc1ccc2c(c1)OC(C)(C)C[C@@H]2NC(=S)Nc1cccc(OC(C)C)c1. The fourth-order valence-corrected chi connectivity index (χ4v) is 3.59. The molecule has 0 saturated heterocycles. The largest absolute Gasteiger partial charge is 0.497 e. The molecule has 0 saturated carbocycles. The van der Waals surface area contributed by atoms with Gasteiger partial charge in [-0.3, -0.25) is 0 Å². The summed E-state index contributed by atoms with van der Waals surface area (Å²) in [6.07, 6.45) is 0.920. The topological polar surface area (TPSA) is 51.8 Å². The van der Waals surface area contributed by atoms with Gasteiger partial charge in [-0.15, -0.1) is 0 Å². The minimum atomic E-state index is -0.308. The van der Waals surface area contributed by atoms with Gasteiger partial charge in [0.1, 0.15) is 22.8 Å². The number of fused-ring (bicyclic) bond motifs is 1. The van der Waals surface area contributed by atoms with Crippen LogP contribution in [0.1, 0.15) is 45.7 Å². The molecule has 1 aliphatic heterocycles. The van der Waals surface area contributed by atoms with Gasteiger partial charge in [0.15, 0.2) is 5.11 Å². The van der Waals surface area contributed by atoms with Crippen LogP contribution < -0.4 is 24.8 Å². The van der Waals surface area contributed by atoms with Crippen molar-refractivity contribution in [1.29, 1.82) is 0 Å². The van der Waals surface area contributed by atoms with E-state index >= 15 is 0 Å². The smallest absolute Gasteiger partial charge is 0.171 e. The maximum atomic E-state index is 6.14. The number of benzene rings is 2. The Morgan fingerprint density at radius 1 is 1.18 bits per heavy atom. The first kappa shape index (κ1) is 20.3. The quantitative estimate of drug-likeness (QED) is 0.684. The first-order chi connectivity index (χ1) is 13.3. The number of thiocarbonyl (C=S) groups is 1. The van der Waals surface area contributed by atoms with Gasteiger partial charge in [-0.05, 0) is 64.2 Å². The zero-order valence-corrected chi connectivity index (χ0v) is 17.9. The van der Waals surface area contributed by atoms with Gasteiger partial charge in [-0.25, -0.2) is 0 Å². The van der Waals surface area contributed by atoms with Crippen LogP contribution in [0.5, 0.6) is 17.2 Å². The second-order valence-electron chi connectivity index (χ2n) is 7.82. The lowest BCUT2D eigenvalue weighted by atomic mass is 9.89. The Bertz CT molecular complexity index is 851. The Balaban J connectivity index is 1.73. The average molecular weight is 401 g/mol. The van der Waals surface area contributed by atoms with E-state index in [4.69, 9.17) is 26.4 Å². The highest BCUT2D eigenvalue weighted by molar-refractivity contribution is 7.80. The van der Waals surface area contributed by atoms with Gasteiger partial charge in [-0.2, -0.15) is 0 Å². The highest BCUT2D eigenvalue weighted by atomic mass is 32.1. The van der Waals surface area contributed by atoms with Crippen molar-refractivity contribution in [2.45, 2.75) is 51.9 Å². The number of rotatable bonds is 5. The Kier molecular flexibility index (Phi) is 5.98. The van der Waals surface area contributed by atoms with Gasteiger partial charge in [0, 0.05) is 29.8 Å². The van der Waals surface area contributed by atoms with E-state index in [-0.39, 0.29) is 17.7 Å². The van der Waals surface area contributed by atoms with Crippen LogP contribution in [0.3, 0.4) is 0 Å². The third-order valence-corrected chi connectivity index (χ3v) is 4.67. The molecule has 2 aromatic rings. The van der Waals surface area contributed by atoms with Crippen LogP contribution in [0.2, 0.25) is 0 Å². The number of ether oxygens (including phenoxy) is 3. The summed E-state index contributed by atoms with van der Waals surface area (Å²) in [7, 11) is 1.65. The molecule has 2 N–H and O–H groups in total. The number of hydrogen-bond acceptors (Lipinski definition) is 4. The first-order valence-corrected chi connectivity index (χ1v) is 9.88. The maximum Gasteiger partial charge on any atom is 0.171 e. The Labute approximate surface area is 172 Å². The van der Waals surface area contributed by atoms with E-state index in [1.165, 1.54) is 0 Å². The Morgan fingerprint density at radius 3 is 2.68 bits per heavy atom. The van der Waals surface area contributed by atoms with Gasteiger partial charge in [0.25, 0.3) is 0 Å². The molecule has 0 fully saturated rings. The normalized spacial score (nSPS) is 17.3. The molecule has 0 bridgehead atoms. The molecule has 0 aliphatic carbocycles. The van der Waals surface area contributed by atoms with Crippen molar-refractivity contribution in [3.63, 3.8) is 0 Å². The summed E-state index contributed by atoms with van der Waals surface area (Å²) in [5.74, 6) is 2.41. The van der Waals surface area contributed by atoms with Crippen LogP contribution in [0.15, 0.2) is 42.5 Å². The molecule has 0 radical (unpaired) electrons. The highest BCUT2D eigenvalue weighted by Gasteiger charge is 2.34. The summed E-state index contributed by atoms with van der Waals surface area (Å²) in [5, 5.41) is 7.26. The summed E-state index contributed by atoms with van der Waals surface area (Å²) >= 11 is 5.57. The zero-order chi connectivity index (χ0) is 20.3. The molecule has 3 rings (SSSR count). The van der Waals surface area contributed by atoms with Crippen molar-refractivity contribution >= 4 is 23.0 Å². The fourth-order valence-electron chi connectivity index (χ4n) is 3.33. The van der Waals surface area contributed by atoms with E-state index in [1.807, 2.05) is 56.3 Å². The van der Waals surface area contributed by atoms with Crippen LogP contribution in [-0.2, 0) is 0 Å². The lowest BCUT2D eigenvalue weighted by Crippen LogP contribution is -2.42. The molecule has 0 unspecified atom stereocenters. The molecule has 0 aromatic heterocycles. The molecule has 1 atom stereocenters. The number of anilines is 1. The van der Waals surface area contributed by atoms with Crippen LogP contribution >= 0.6 is 12.2 Å². The van der Waals surface area contributed by atoms with E-state index in [1.54, 1.807) is 7.11 Å². The van der Waals surface area contributed by atoms with Crippen LogP contribution in [-0.4, -0.2) is 23.9 Å². The monoisotopic (exact) mass is 400 g/mol. The number of hydrogen-bond donors (Lipinski definition) is 2. The summed E-state index contributed by atoms with van der Waals surface area (Å²) in [6.45, 7) is 8.16. The van der Waals surface area contributed by atoms with Gasteiger partial charge in [0.05, 0.1) is 19.3 Å². The molecule has 2 aromatic carbocycles. The van der Waals surface area contributed by atoms with Crippen LogP contribution in [0, 0.1) is 0 Å². The molecule has 1 heterocycles. The maximum absolute atomic E-state index is 6.14. The predicted octanol–water partition coefficient (Wildman–Crippen LogP) is 5.07. The second-order valence-corrected chi connectivity index (χ2v) is 8.22. The van der Waals surface area contributed by atoms with Crippen molar-refractivity contribution in [2.75, 3.05) is 12.4 Å². The fraction of sp³-hybridized carbons (Fsp3) is 0.409. The van der Waals surface area contributed by atoms with Crippen LogP contribution in [0.25, 0.3) is 0 Å². The third-order valence-electron chi connectivity index (χ3n) is 4.45. The number of nitrogens with one attached hydrogen (secondary N) is 2. The average Bonchev–Trinajstić information content (AvgIpc) is 2.59. The first-order valence-electron chi connectivity index (χ1n) is 9.47. The summed E-state index contributed by atoms with van der Waals surface area (Å²) in [6, 6.07) is 13.7. The van der Waals surface area contributed by atoms with Crippen molar-refractivity contribution in [2.24, 2.45) is 0 Å². The van der Waals surface area contributed by atoms with Crippen molar-refractivity contribution < 1.29 is 14.2 Å². The van der Waals surface area contributed by atoms with Gasteiger partial charge in [-0.1, -0.05) is 6.07 Å². The molecular weight excluding hydrogens is 372 g/mol. The lowest BCUT2D eigenvalue weighted by molar-refractivity contribution is 0.0693. The van der Waals surface area contributed by atoms with E-state index in [0.717, 1.165) is 34.9 Å². The van der Waals surface area contributed by atoms with E-state index < -0.39 is 0 Å². The third kappa shape index (κ3) is 5.07. The predicted molar refractivity (Wildman–Crippen MR) is 117 cm³/mol. The van der Waals surface area contributed by atoms with Crippen molar-refractivity contribution in [3.05, 3.63) is 48.0 Å². The summed E-state index contributed by atoms with van der Waals surface area (Å²) < 4.78 is 17.2. The van der Waals surface area contributed by atoms with Gasteiger partial charge >= 0.3 is 0 Å². The molecular formula is C22H28N2O3S. The lowest BCUT2D eigenvalue weighted by Gasteiger charge is -2.38. The minimum Gasteiger partial charge on any atom is -0.497 e. The molecule has 150 valence electrons. The van der Waals surface area contributed by atoms with Gasteiger partial charge < -0.3 is 24.8 Å². The Hall–Kier alpha value is -2.47. The van der Waals surface area contributed by atoms with Crippen LogP contribution in [0.4, 0.5) is 5.69 Å².